The van der Waals surface area contributed by atoms with E-state index in [1.165, 1.54) is 16.7 Å². The average Bonchev–Trinajstić information content (AvgIpc) is 3.13. The molecule has 1 amide bonds. The van der Waals surface area contributed by atoms with Gasteiger partial charge in [-0.05, 0) is 37.2 Å². The van der Waals surface area contributed by atoms with E-state index in [2.05, 4.69) is 71.0 Å². The van der Waals surface area contributed by atoms with E-state index in [9.17, 15) is 4.79 Å². The van der Waals surface area contributed by atoms with E-state index >= 15 is 0 Å². The summed E-state index contributed by atoms with van der Waals surface area (Å²) in [6.45, 7) is 3.96. The molecule has 6 nitrogen and oxygen atoms in total. The monoisotopic (exact) mass is 421 g/mol. The highest BCUT2D eigenvalue weighted by molar-refractivity contribution is 5.80. The number of amides is 1. The molecule has 1 atom stereocenters. The molecular weight excluding hydrogens is 386 g/mol. The van der Waals surface area contributed by atoms with E-state index in [0.29, 0.717) is 12.3 Å². The molecule has 2 aromatic rings. The molecule has 3 rings (SSSR count). The van der Waals surface area contributed by atoms with E-state index in [4.69, 9.17) is 0 Å². The Labute approximate surface area is 186 Å². The summed E-state index contributed by atoms with van der Waals surface area (Å²) in [6, 6.07) is 18.8. The van der Waals surface area contributed by atoms with Gasteiger partial charge in [-0.1, -0.05) is 54.6 Å². The van der Waals surface area contributed by atoms with Gasteiger partial charge in [-0.3, -0.25) is 9.79 Å². The molecule has 0 aromatic heterocycles. The van der Waals surface area contributed by atoms with Crippen molar-refractivity contribution in [3.63, 3.8) is 0 Å². The molecule has 166 valence electrons. The smallest absolute Gasteiger partial charge is 0.223 e. The first-order chi connectivity index (χ1) is 15.0. The first-order valence-electron chi connectivity index (χ1n) is 11.0. The van der Waals surface area contributed by atoms with Crippen molar-refractivity contribution < 1.29 is 4.79 Å². The van der Waals surface area contributed by atoms with Crippen LogP contribution in [-0.2, 0) is 24.3 Å². The standard InChI is InChI=1S/C25H35N5O/c1-26-25(28-17-22-11-7-8-12-23(22)19-29(2)3)27-16-21-15-24(31)30(18-21)14-13-20-9-5-4-6-10-20/h4-12,21H,13-19H2,1-3H3,(H2,26,27,28). The second-order valence-electron chi connectivity index (χ2n) is 8.46. The van der Waals surface area contributed by atoms with Crippen molar-refractivity contribution >= 4 is 11.9 Å². The highest BCUT2D eigenvalue weighted by atomic mass is 16.2. The Morgan fingerprint density at radius 2 is 1.77 bits per heavy atom. The zero-order valence-corrected chi connectivity index (χ0v) is 19.0. The Kier molecular flexibility index (Phi) is 8.47. The summed E-state index contributed by atoms with van der Waals surface area (Å²) < 4.78 is 0. The molecule has 0 aliphatic carbocycles. The fraction of sp³-hybridized carbons (Fsp3) is 0.440. The predicted molar refractivity (Wildman–Crippen MR) is 127 cm³/mol. The van der Waals surface area contributed by atoms with Gasteiger partial charge in [0, 0.05) is 52.1 Å². The van der Waals surface area contributed by atoms with Gasteiger partial charge >= 0.3 is 0 Å². The number of carbonyl (C=O) groups excluding carboxylic acids is 1. The number of hydrogen-bond donors (Lipinski definition) is 2. The molecule has 0 radical (unpaired) electrons. The van der Waals surface area contributed by atoms with Crippen LogP contribution < -0.4 is 10.6 Å². The molecule has 1 aliphatic heterocycles. The molecule has 2 N–H and O–H groups in total. The minimum atomic E-state index is 0.253. The van der Waals surface area contributed by atoms with Crippen LogP contribution in [0.25, 0.3) is 0 Å². The third kappa shape index (κ3) is 7.10. The number of rotatable bonds is 9. The van der Waals surface area contributed by atoms with Gasteiger partial charge in [0.15, 0.2) is 5.96 Å². The van der Waals surface area contributed by atoms with Crippen LogP contribution in [-0.4, -0.2) is 62.4 Å². The zero-order chi connectivity index (χ0) is 22.1. The molecule has 0 bridgehead atoms. The molecule has 1 fully saturated rings. The number of nitrogens with zero attached hydrogens (tertiary/aromatic N) is 3. The highest BCUT2D eigenvalue weighted by Crippen LogP contribution is 2.17. The summed E-state index contributed by atoms with van der Waals surface area (Å²) in [5, 5.41) is 6.82. The summed E-state index contributed by atoms with van der Waals surface area (Å²) in [5.41, 5.74) is 3.85. The lowest BCUT2D eigenvalue weighted by atomic mass is 10.1. The topological polar surface area (TPSA) is 60.0 Å². The lowest BCUT2D eigenvalue weighted by Crippen LogP contribution is -2.40. The first-order valence-corrected chi connectivity index (χ1v) is 11.0. The van der Waals surface area contributed by atoms with Gasteiger partial charge in [-0.25, -0.2) is 0 Å². The Hall–Kier alpha value is -2.86. The van der Waals surface area contributed by atoms with Crippen molar-refractivity contribution in [1.29, 1.82) is 0 Å². The van der Waals surface area contributed by atoms with Crippen molar-refractivity contribution in [2.24, 2.45) is 10.9 Å². The average molecular weight is 422 g/mol. The Morgan fingerprint density at radius 1 is 1.06 bits per heavy atom. The summed E-state index contributed by atoms with van der Waals surface area (Å²) in [6.07, 6.45) is 1.51. The van der Waals surface area contributed by atoms with E-state index in [0.717, 1.165) is 45.1 Å². The van der Waals surface area contributed by atoms with E-state index in [1.807, 2.05) is 23.1 Å². The maximum absolute atomic E-state index is 12.4. The van der Waals surface area contributed by atoms with E-state index in [1.54, 1.807) is 7.05 Å². The summed E-state index contributed by atoms with van der Waals surface area (Å²) >= 11 is 0. The van der Waals surface area contributed by atoms with Crippen molar-refractivity contribution in [2.75, 3.05) is 40.8 Å². The lowest BCUT2D eigenvalue weighted by Gasteiger charge is -2.19. The fourth-order valence-corrected chi connectivity index (χ4v) is 3.98. The normalized spacial score (nSPS) is 16.8. The van der Waals surface area contributed by atoms with Crippen LogP contribution in [0, 0.1) is 5.92 Å². The first kappa shape index (κ1) is 22.8. The molecule has 6 heteroatoms. The third-order valence-corrected chi connectivity index (χ3v) is 5.64. The Balaban J connectivity index is 1.44. The SMILES string of the molecule is CN=C(NCc1ccccc1CN(C)C)NCC1CC(=O)N(CCc2ccccc2)C1. The third-order valence-electron chi connectivity index (χ3n) is 5.64. The molecule has 1 heterocycles. The molecule has 31 heavy (non-hydrogen) atoms. The van der Waals surface area contributed by atoms with Crippen molar-refractivity contribution in [2.45, 2.75) is 25.9 Å². The largest absolute Gasteiger partial charge is 0.356 e. The van der Waals surface area contributed by atoms with E-state index < -0.39 is 0 Å². The highest BCUT2D eigenvalue weighted by Gasteiger charge is 2.29. The number of carbonyl (C=O) groups is 1. The minimum absolute atomic E-state index is 0.253. The number of aliphatic imine (C=N–C) groups is 1. The number of benzene rings is 2. The molecule has 1 aliphatic rings. The molecule has 0 spiro atoms. The van der Waals surface area contributed by atoms with E-state index in [-0.39, 0.29) is 5.91 Å². The maximum Gasteiger partial charge on any atom is 0.223 e. The zero-order valence-electron chi connectivity index (χ0n) is 19.0. The van der Waals surface area contributed by atoms with Gasteiger partial charge in [-0.15, -0.1) is 0 Å². The Morgan fingerprint density at radius 3 is 2.48 bits per heavy atom. The lowest BCUT2D eigenvalue weighted by molar-refractivity contribution is -0.127. The summed E-state index contributed by atoms with van der Waals surface area (Å²) in [5.74, 6) is 1.33. The van der Waals surface area contributed by atoms with Crippen molar-refractivity contribution in [3.8, 4) is 0 Å². The molecule has 2 aromatic carbocycles. The van der Waals surface area contributed by atoms with Crippen LogP contribution in [0.1, 0.15) is 23.1 Å². The van der Waals surface area contributed by atoms with Crippen molar-refractivity contribution in [3.05, 3.63) is 71.3 Å². The van der Waals surface area contributed by atoms with Crippen LogP contribution in [0.2, 0.25) is 0 Å². The Bertz CT molecular complexity index is 865. The van der Waals surface area contributed by atoms with Crippen LogP contribution in [0.15, 0.2) is 59.6 Å². The van der Waals surface area contributed by atoms with Gasteiger partial charge < -0.3 is 20.4 Å². The van der Waals surface area contributed by atoms with Crippen LogP contribution in [0.4, 0.5) is 0 Å². The molecule has 1 unspecified atom stereocenters. The molecular formula is C25H35N5O. The fourth-order valence-electron chi connectivity index (χ4n) is 3.98. The van der Waals surface area contributed by atoms with Gasteiger partial charge in [0.25, 0.3) is 0 Å². The van der Waals surface area contributed by atoms with Crippen LogP contribution >= 0.6 is 0 Å². The quantitative estimate of drug-likeness (QED) is 0.483. The van der Waals surface area contributed by atoms with Gasteiger partial charge in [-0.2, -0.15) is 0 Å². The van der Waals surface area contributed by atoms with Crippen LogP contribution in [0.3, 0.4) is 0 Å². The number of nitrogens with one attached hydrogen (secondary N) is 2. The van der Waals surface area contributed by atoms with Crippen molar-refractivity contribution in [1.82, 2.24) is 20.4 Å². The van der Waals surface area contributed by atoms with Gasteiger partial charge in [0.1, 0.15) is 0 Å². The number of hydrogen-bond acceptors (Lipinski definition) is 3. The minimum Gasteiger partial charge on any atom is -0.356 e. The maximum atomic E-state index is 12.4. The second kappa shape index (κ2) is 11.5. The predicted octanol–water partition coefficient (Wildman–Crippen LogP) is 2.50. The van der Waals surface area contributed by atoms with Crippen LogP contribution in [0.5, 0.6) is 0 Å². The second-order valence-corrected chi connectivity index (χ2v) is 8.46. The summed E-state index contributed by atoms with van der Waals surface area (Å²) in [7, 11) is 5.94. The van der Waals surface area contributed by atoms with Gasteiger partial charge in [0.05, 0.1) is 0 Å². The molecule has 1 saturated heterocycles. The number of likely N-dealkylation sites (tertiary alicyclic amines) is 1. The summed E-state index contributed by atoms with van der Waals surface area (Å²) in [4.78, 5) is 20.9. The molecule has 0 saturated carbocycles. The van der Waals surface area contributed by atoms with Gasteiger partial charge in [0.2, 0.25) is 5.91 Å². The number of guanidine groups is 1.